The Morgan fingerprint density at radius 1 is 1.26 bits per heavy atom. The maximum Gasteiger partial charge on any atom is 0.488 e. The fourth-order valence-electron chi connectivity index (χ4n) is 2.29. The highest BCUT2D eigenvalue weighted by Gasteiger charge is 2.19. The van der Waals surface area contributed by atoms with Gasteiger partial charge in [0.15, 0.2) is 0 Å². The quantitative estimate of drug-likeness (QED) is 0.720. The number of ether oxygens (including phenoxy) is 1. The van der Waals surface area contributed by atoms with E-state index in [1.807, 2.05) is 19.9 Å². The van der Waals surface area contributed by atoms with Gasteiger partial charge in [0.2, 0.25) is 0 Å². The van der Waals surface area contributed by atoms with E-state index in [-0.39, 0.29) is 17.1 Å². The van der Waals surface area contributed by atoms with Gasteiger partial charge in [0.1, 0.15) is 17.4 Å². The number of hydrogen-bond acceptors (Lipinski definition) is 5. The van der Waals surface area contributed by atoms with Gasteiger partial charge in [0, 0.05) is 16.8 Å². The van der Waals surface area contributed by atoms with E-state index in [0.717, 1.165) is 0 Å². The lowest BCUT2D eigenvalue weighted by atomic mass is 9.78. The number of nitriles is 1. The second-order valence-electron chi connectivity index (χ2n) is 5.48. The van der Waals surface area contributed by atoms with E-state index in [1.54, 1.807) is 19.1 Å². The van der Waals surface area contributed by atoms with Crippen molar-refractivity contribution < 1.29 is 14.8 Å². The van der Waals surface area contributed by atoms with Crippen LogP contribution in [0.5, 0.6) is 5.75 Å². The summed E-state index contributed by atoms with van der Waals surface area (Å²) in [5.41, 5.74) is 1.16. The first-order chi connectivity index (χ1) is 10.8. The highest BCUT2D eigenvalue weighted by molar-refractivity contribution is 6.58. The molecule has 0 aliphatic carbocycles. The molecule has 0 radical (unpaired) electrons. The molecule has 1 aromatic heterocycles. The molecule has 118 valence electrons. The molecule has 0 unspecified atom stereocenters. The van der Waals surface area contributed by atoms with E-state index < -0.39 is 12.7 Å². The Morgan fingerprint density at radius 2 is 1.96 bits per heavy atom. The van der Waals surface area contributed by atoms with Crippen LogP contribution in [0.4, 0.5) is 0 Å². The van der Waals surface area contributed by atoms with E-state index in [0.29, 0.717) is 22.6 Å². The van der Waals surface area contributed by atoms with Crippen molar-refractivity contribution in [1.82, 2.24) is 4.98 Å². The highest BCUT2D eigenvalue weighted by Crippen LogP contribution is 2.31. The third-order valence-corrected chi connectivity index (χ3v) is 3.23. The lowest BCUT2D eigenvalue weighted by Crippen LogP contribution is -2.30. The second-order valence-corrected chi connectivity index (χ2v) is 5.48. The predicted molar refractivity (Wildman–Crippen MR) is 87.5 cm³/mol. The zero-order valence-electron chi connectivity index (χ0n) is 13.1. The van der Waals surface area contributed by atoms with Crippen LogP contribution in [0.2, 0.25) is 0 Å². The van der Waals surface area contributed by atoms with Crippen molar-refractivity contribution in [2.45, 2.75) is 26.9 Å². The van der Waals surface area contributed by atoms with Gasteiger partial charge in [0.05, 0.1) is 6.10 Å². The SMILES string of the molecule is Cc1cc(-c2cc(B(O)O)ccc2OC(C)C)c(C#N)c(=O)[nH]1. The molecule has 6 nitrogen and oxygen atoms in total. The molecule has 1 aromatic carbocycles. The minimum absolute atomic E-state index is 0.0474. The summed E-state index contributed by atoms with van der Waals surface area (Å²) in [6.07, 6.45) is -0.118. The van der Waals surface area contributed by atoms with Crippen molar-refractivity contribution >= 4 is 12.6 Å². The zero-order valence-corrected chi connectivity index (χ0v) is 13.1. The van der Waals surface area contributed by atoms with Crippen molar-refractivity contribution in [3.05, 3.63) is 45.9 Å². The first-order valence-electron chi connectivity index (χ1n) is 7.14. The monoisotopic (exact) mass is 312 g/mol. The third-order valence-electron chi connectivity index (χ3n) is 3.23. The zero-order chi connectivity index (χ0) is 17.1. The van der Waals surface area contributed by atoms with Crippen LogP contribution in [0.1, 0.15) is 25.1 Å². The molecule has 0 atom stereocenters. The Labute approximate surface area is 134 Å². The van der Waals surface area contributed by atoms with Crippen molar-refractivity contribution in [2.75, 3.05) is 0 Å². The van der Waals surface area contributed by atoms with Crippen LogP contribution >= 0.6 is 0 Å². The number of nitrogens with zero attached hydrogens (tertiary/aromatic N) is 1. The van der Waals surface area contributed by atoms with Crippen LogP contribution in [0.3, 0.4) is 0 Å². The van der Waals surface area contributed by atoms with E-state index in [2.05, 4.69) is 4.98 Å². The van der Waals surface area contributed by atoms with E-state index in [4.69, 9.17) is 4.74 Å². The molecule has 2 rings (SSSR count). The Bertz CT molecular complexity index is 822. The van der Waals surface area contributed by atoms with Crippen molar-refractivity contribution in [1.29, 1.82) is 5.26 Å². The normalized spacial score (nSPS) is 10.5. The average molecular weight is 312 g/mol. The largest absolute Gasteiger partial charge is 0.490 e. The highest BCUT2D eigenvalue weighted by atomic mass is 16.5. The van der Waals surface area contributed by atoms with Gasteiger partial charge in [-0.3, -0.25) is 4.79 Å². The third kappa shape index (κ3) is 3.62. The van der Waals surface area contributed by atoms with Crippen molar-refractivity contribution in [3.8, 4) is 22.9 Å². The summed E-state index contributed by atoms with van der Waals surface area (Å²) in [5, 5.41) is 28.1. The Kier molecular flexibility index (Phi) is 4.89. The summed E-state index contributed by atoms with van der Waals surface area (Å²) in [5.74, 6) is 0.464. The van der Waals surface area contributed by atoms with Crippen LogP contribution in [-0.4, -0.2) is 28.3 Å². The molecule has 0 saturated heterocycles. The Balaban J connectivity index is 2.77. The van der Waals surface area contributed by atoms with E-state index >= 15 is 0 Å². The molecule has 7 heteroatoms. The summed E-state index contributed by atoms with van der Waals surface area (Å²) < 4.78 is 5.73. The van der Waals surface area contributed by atoms with E-state index in [9.17, 15) is 20.1 Å². The molecule has 0 fully saturated rings. The molecule has 2 aromatic rings. The van der Waals surface area contributed by atoms with Crippen LogP contribution in [0, 0.1) is 18.3 Å². The predicted octanol–water partition coefficient (Wildman–Crippen LogP) is 0.689. The molecular weight excluding hydrogens is 295 g/mol. The minimum Gasteiger partial charge on any atom is -0.490 e. The van der Waals surface area contributed by atoms with Crippen molar-refractivity contribution in [2.24, 2.45) is 0 Å². The van der Waals surface area contributed by atoms with E-state index in [1.165, 1.54) is 12.1 Å². The lowest BCUT2D eigenvalue weighted by Gasteiger charge is -2.16. The summed E-state index contributed by atoms with van der Waals surface area (Å²) in [7, 11) is -1.66. The molecule has 23 heavy (non-hydrogen) atoms. The summed E-state index contributed by atoms with van der Waals surface area (Å²) in [4.78, 5) is 14.6. The van der Waals surface area contributed by atoms with Crippen LogP contribution in [-0.2, 0) is 0 Å². The van der Waals surface area contributed by atoms with Gasteiger partial charge < -0.3 is 19.8 Å². The fourth-order valence-corrected chi connectivity index (χ4v) is 2.29. The van der Waals surface area contributed by atoms with Crippen molar-refractivity contribution in [3.63, 3.8) is 0 Å². The van der Waals surface area contributed by atoms with Gasteiger partial charge in [-0.25, -0.2) is 0 Å². The number of hydrogen-bond donors (Lipinski definition) is 3. The number of aryl methyl sites for hydroxylation is 1. The first-order valence-corrected chi connectivity index (χ1v) is 7.14. The number of benzene rings is 1. The molecule has 1 heterocycles. The van der Waals surface area contributed by atoms with Crippen LogP contribution in [0.15, 0.2) is 29.1 Å². The standard InChI is InChI=1S/C16H17BN2O4/c1-9(2)23-15-5-4-11(17(21)22)7-13(15)12-6-10(3)19-16(20)14(12)8-18/h4-7,9,21-22H,1-3H3,(H,19,20). The molecule has 0 aliphatic heterocycles. The van der Waals surface area contributed by atoms with Crippen LogP contribution < -0.4 is 15.8 Å². The van der Waals surface area contributed by atoms with Gasteiger partial charge >= 0.3 is 7.12 Å². The van der Waals surface area contributed by atoms with Crippen LogP contribution in [0.25, 0.3) is 11.1 Å². The van der Waals surface area contributed by atoms with Gasteiger partial charge in [-0.05, 0) is 38.4 Å². The number of H-pyrrole nitrogens is 1. The van der Waals surface area contributed by atoms with Gasteiger partial charge in [-0.2, -0.15) is 5.26 Å². The number of pyridine rings is 1. The molecule has 3 N–H and O–H groups in total. The number of aromatic nitrogens is 1. The number of aromatic amines is 1. The molecule has 0 saturated carbocycles. The topological polar surface area (TPSA) is 106 Å². The second kappa shape index (κ2) is 6.69. The summed E-state index contributed by atoms with van der Waals surface area (Å²) in [6, 6.07) is 8.19. The summed E-state index contributed by atoms with van der Waals surface area (Å²) >= 11 is 0. The molecular formula is C16H17BN2O4. The molecule has 0 spiro atoms. The molecule has 0 bridgehead atoms. The lowest BCUT2D eigenvalue weighted by molar-refractivity contribution is 0.243. The fraction of sp³-hybridized carbons (Fsp3) is 0.250. The Hall–Kier alpha value is -2.56. The number of nitrogens with one attached hydrogen (secondary N) is 1. The maximum absolute atomic E-state index is 12.0. The molecule has 0 amide bonds. The van der Waals surface area contributed by atoms with Gasteiger partial charge in [0.25, 0.3) is 5.56 Å². The maximum atomic E-state index is 12.0. The van der Waals surface area contributed by atoms with Gasteiger partial charge in [-0.15, -0.1) is 0 Å². The molecule has 0 aliphatic rings. The Morgan fingerprint density at radius 3 is 2.52 bits per heavy atom. The smallest absolute Gasteiger partial charge is 0.488 e. The number of rotatable bonds is 4. The first kappa shape index (κ1) is 16.8. The summed E-state index contributed by atoms with van der Waals surface area (Å²) in [6.45, 7) is 5.42. The van der Waals surface area contributed by atoms with Gasteiger partial charge in [-0.1, -0.05) is 12.1 Å². The average Bonchev–Trinajstić information content (AvgIpc) is 2.46. The minimum atomic E-state index is -1.66.